The van der Waals surface area contributed by atoms with E-state index in [1.54, 1.807) is 12.1 Å². The van der Waals surface area contributed by atoms with Gasteiger partial charge in [-0.1, -0.05) is 24.3 Å². The number of halogens is 1. The number of hydrogen-bond donors (Lipinski definition) is 1. The molecule has 1 aliphatic heterocycles. The summed E-state index contributed by atoms with van der Waals surface area (Å²) >= 11 is 0. The van der Waals surface area contributed by atoms with E-state index >= 15 is 0 Å². The third-order valence-corrected chi connectivity index (χ3v) is 3.36. The molecule has 0 unspecified atom stereocenters. The number of rotatable bonds is 3. The molecule has 0 aromatic heterocycles. The van der Waals surface area contributed by atoms with E-state index < -0.39 is 0 Å². The molecule has 1 heterocycles. The van der Waals surface area contributed by atoms with E-state index in [0.29, 0.717) is 12.4 Å². The van der Waals surface area contributed by atoms with Gasteiger partial charge in [-0.05, 0) is 41.8 Å². The summed E-state index contributed by atoms with van der Waals surface area (Å²) in [5.41, 5.74) is 3.88. The van der Waals surface area contributed by atoms with E-state index in [1.807, 2.05) is 0 Å². The molecule has 1 N–H and O–H groups in total. The molecule has 0 atom stereocenters. The molecule has 2 aromatic rings. The Labute approximate surface area is 112 Å². The van der Waals surface area contributed by atoms with Crippen LogP contribution in [0.3, 0.4) is 0 Å². The van der Waals surface area contributed by atoms with Crippen molar-refractivity contribution >= 4 is 0 Å². The first kappa shape index (κ1) is 12.2. The van der Waals surface area contributed by atoms with Crippen LogP contribution in [0.4, 0.5) is 4.39 Å². The molecule has 19 heavy (non-hydrogen) atoms. The highest BCUT2D eigenvalue weighted by Gasteiger charge is 2.09. The normalized spacial score (nSPS) is 13.9. The standard InChI is InChI=1S/C16H16FNO/c17-15-2-1-3-16(9-15)19-11-12-4-5-14-10-18-7-6-13(14)8-12/h1-5,8-9,18H,6-7,10-11H2. The minimum absolute atomic E-state index is 0.269. The molecule has 0 bridgehead atoms. The molecule has 0 radical (unpaired) electrons. The fourth-order valence-corrected chi connectivity index (χ4v) is 2.34. The SMILES string of the molecule is Fc1cccc(OCc2ccc3c(c2)CCNC3)c1. The molecule has 98 valence electrons. The van der Waals surface area contributed by atoms with Crippen molar-refractivity contribution in [2.45, 2.75) is 19.6 Å². The molecule has 0 spiro atoms. The number of benzene rings is 2. The van der Waals surface area contributed by atoms with Gasteiger partial charge in [0, 0.05) is 12.6 Å². The molecule has 2 aromatic carbocycles. The molecule has 3 rings (SSSR count). The van der Waals surface area contributed by atoms with Crippen LogP contribution in [-0.4, -0.2) is 6.54 Å². The van der Waals surface area contributed by atoms with Gasteiger partial charge in [0.2, 0.25) is 0 Å². The summed E-state index contributed by atoms with van der Waals surface area (Å²) in [4.78, 5) is 0. The lowest BCUT2D eigenvalue weighted by Gasteiger charge is -2.18. The monoisotopic (exact) mass is 257 g/mol. The summed E-state index contributed by atoms with van der Waals surface area (Å²) in [6.45, 7) is 2.45. The predicted molar refractivity (Wildman–Crippen MR) is 72.6 cm³/mol. The van der Waals surface area contributed by atoms with Gasteiger partial charge >= 0.3 is 0 Å². The summed E-state index contributed by atoms with van der Waals surface area (Å²) in [6, 6.07) is 12.7. The Balaban J connectivity index is 1.70. The van der Waals surface area contributed by atoms with E-state index in [2.05, 4.69) is 23.5 Å². The van der Waals surface area contributed by atoms with Gasteiger partial charge in [-0.3, -0.25) is 0 Å². The van der Waals surface area contributed by atoms with Crippen LogP contribution in [0.25, 0.3) is 0 Å². The van der Waals surface area contributed by atoms with Crippen LogP contribution in [0.5, 0.6) is 5.75 Å². The number of hydrogen-bond acceptors (Lipinski definition) is 2. The van der Waals surface area contributed by atoms with E-state index in [9.17, 15) is 4.39 Å². The second-order valence-corrected chi connectivity index (χ2v) is 4.78. The highest BCUT2D eigenvalue weighted by Crippen LogP contribution is 2.18. The quantitative estimate of drug-likeness (QED) is 0.912. The van der Waals surface area contributed by atoms with Crippen molar-refractivity contribution < 1.29 is 9.13 Å². The van der Waals surface area contributed by atoms with Gasteiger partial charge in [0.25, 0.3) is 0 Å². The van der Waals surface area contributed by atoms with Crippen LogP contribution in [-0.2, 0) is 19.6 Å². The minimum Gasteiger partial charge on any atom is -0.489 e. The lowest BCUT2D eigenvalue weighted by atomic mass is 9.99. The Hall–Kier alpha value is -1.87. The maximum atomic E-state index is 13.0. The zero-order chi connectivity index (χ0) is 13.1. The second-order valence-electron chi connectivity index (χ2n) is 4.78. The summed E-state index contributed by atoms with van der Waals surface area (Å²) < 4.78 is 18.6. The average Bonchev–Trinajstić information content (AvgIpc) is 2.45. The van der Waals surface area contributed by atoms with Crippen LogP contribution in [0, 0.1) is 5.82 Å². The Morgan fingerprint density at radius 3 is 2.95 bits per heavy atom. The van der Waals surface area contributed by atoms with Crippen LogP contribution in [0.2, 0.25) is 0 Å². The van der Waals surface area contributed by atoms with E-state index in [0.717, 1.165) is 25.1 Å². The maximum absolute atomic E-state index is 13.0. The Bertz CT molecular complexity index is 583. The zero-order valence-electron chi connectivity index (χ0n) is 10.7. The molecule has 0 saturated heterocycles. The summed E-state index contributed by atoms with van der Waals surface area (Å²) in [5, 5.41) is 3.35. The largest absolute Gasteiger partial charge is 0.489 e. The molecular formula is C16H16FNO. The number of ether oxygens (including phenoxy) is 1. The Morgan fingerprint density at radius 2 is 2.05 bits per heavy atom. The van der Waals surface area contributed by atoms with Crippen LogP contribution >= 0.6 is 0 Å². The van der Waals surface area contributed by atoms with Gasteiger partial charge in [0.1, 0.15) is 18.2 Å². The Kier molecular flexibility index (Phi) is 3.47. The number of nitrogens with one attached hydrogen (secondary N) is 1. The van der Waals surface area contributed by atoms with Crippen molar-refractivity contribution in [3.8, 4) is 5.75 Å². The third kappa shape index (κ3) is 2.93. The minimum atomic E-state index is -0.269. The van der Waals surface area contributed by atoms with Crippen molar-refractivity contribution in [1.82, 2.24) is 5.32 Å². The molecule has 0 saturated carbocycles. The fraction of sp³-hybridized carbons (Fsp3) is 0.250. The first-order chi connectivity index (χ1) is 9.31. The van der Waals surface area contributed by atoms with Crippen molar-refractivity contribution in [2.75, 3.05) is 6.54 Å². The predicted octanol–water partition coefficient (Wildman–Crippen LogP) is 3.05. The summed E-state index contributed by atoms with van der Waals surface area (Å²) in [5.74, 6) is 0.299. The van der Waals surface area contributed by atoms with E-state index in [1.165, 1.54) is 23.3 Å². The van der Waals surface area contributed by atoms with Gasteiger partial charge in [-0.2, -0.15) is 0 Å². The summed E-state index contributed by atoms with van der Waals surface area (Å²) in [7, 11) is 0. The molecule has 0 amide bonds. The van der Waals surface area contributed by atoms with Gasteiger partial charge in [-0.15, -0.1) is 0 Å². The van der Waals surface area contributed by atoms with Crippen LogP contribution < -0.4 is 10.1 Å². The Morgan fingerprint density at radius 1 is 1.11 bits per heavy atom. The smallest absolute Gasteiger partial charge is 0.126 e. The fourth-order valence-electron chi connectivity index (χ4n) is 2.34. The van der Waals surface area contributed by atoms with Crippen molar-refractivity contribution in [3.05, 3.63) is 65.0 Å². The van der Waals surface area contributed by atoms with Gasteiger partial charge in [0.15, 0.2) is 0 Å². The molecule has 2 nitrogen and oxygen atoms in total. The first-order valence-electron chi connectivity index (χ1n) is 6.51. The van der Waals surface area contributed by atoms with Gasteiger partial charge in [0.05, 0.1) is 0 Å². The van der Waals surface area contributed by atoms with E-state index in [-0.39, 0.29) is 5.82 Å². The molecule has 3 heteroatoms. The average molecular weight is 257 g/mol. The highest BCUT2D eigenvalue weighted by molar-refractivity contribution is 5.34. The van der Waals surface area contributed by atoms with Crippen molar-refractivity contribution in [2.24, 2.45) is 0 Å². The molecular weight excluding hydrogens is 241 g/mol. The van der Waals surface area contributed by atoms with Crippen molar-refractivity contribution in [1.29, 1.82) is 0 Å². The van der Waals surface area contributed by atoms with Crippen LogP contribution in [0.15, 0.2) is 42.5 Å². The first-order valence-corrected chi connectivity index (χ1v) is 6.51. The third-order valence-electron chi connectivity index (χ3n) is 3.36. The summed E-state index contributed by atoms with van der Waals surface area (Å²) in [6.07, 6.45) is 1.06. The van der Waals surface area contributed by atoms with E-state index in [4.69, 9.17) is 4.74 Å². The highest BCUT2D eigenvalue weighted by atomic mass is 19.1. The lowest BCUT2D eigenvalue weighted by Crippen LogP contribution is -2.23. The maximum Gasteiger partial charge on any atom is 0.126 e. The lowest BCUT2D eigenvalue weighted by molar-refractivity contribution is 0.304. The second kappa shape index (κ2) is 5.41. The zero-order valence-corrected chi connectivity index (χ0v) is 10.7. The topological polar surface area (TPSA) is 21.3 Å². The molecule has 1 aliphatic rings. The van der Waals surface area contributed by atoms with Crippen LogP contribution in [0.1, 0.15) is 16.7 Å². The number of fused-ring (bicyclic) bond motifs is 1. The van der Waals surface area contributed by atoms with Gasteiger partial charge < -0.3 is 10.1 Å². The molecule has 0 fully saturated rings. The molecule has 0 aliphatic carbocycles. The van der Waals surface area contributed by atoms with Crippen molar-refractivity contribution in [3.63, 3.8) is 0 Å². The van der Waals surface area contributed by atoms with Gasteiger partial charge in [-0.25, -0.2) is 4.39 Å².